The molecule has 0 saturated heterocycles. The van der Waals surface area contributed by atoms with Gasteiger partial charge >= 0.3 is 0 Å². The zero-order valence-electron chi connectivity index (χ0n) is 12.1. The van der Waals surface area contributed by atoms with Gasteiger partial charge in [0.25, 0.3) is 5.91 Å². The summed E-state index contributed by atoms with van der Waals surface area (Å²) in [6.45, 7) is 7.39. The van der Waals surface area contributed by atoms with Crippen molar-refractivity contribution >= 4 is 28.5 Å². The van der Waals surface area contributed by atoms with E-state index in [1.54, 1.807) is 0 Å². The average Bonchev–Trinajstić information content (AvgIpc) is 2.36. The van der Waals surface area contributed by atoms with Crippen molar-refractivity contribution < 1.29 is 4.79 Å². The summed E-state index contributed by atoms with van der Waals surface area (Å²) < 4.78 is 1.09. The molecule has 0 aliphatic heterocycles. The zero-order chi connectivity index (χ0) is 14.3. The molecule has 1 aromatic carbocycles. The Kier molecular flexibility index (Phi) is 6.83. The maximum absolute atomic E-state index is 12.1. The Morgan fingerprint density at radius 3 is 2.68 bits per heavy atom. The van der Waals surface area contributed by atoms with Crippen molar-refractivity contribution in [2.75, 3.05) is 6.54 Å². The van der Waals surface area contributed by atoms with Crippen LogP contribution in [0.4, 0.5) is 0 Å². The SMILES string of the molecule is CCCCCC(C)(C)CNC(=O)c1cccc(I)c1. The Hall–Kier alpha value is -0.580. The van der Waals surface area contributed by atoms with Crippen LogP contribution >= 0.6 is 22.6 Å². The van der Waals surface area contributed by atoms with Crippen LogP contribution in [0.2, 0.25) is 0 Å². The molecular weight excluding hydrogens is 349 g/mol. The van der Waals surface area contributed by atoms with Gasteiger partial charge in [-0.25, -0.2) is 0 Å². The van der Waals surface area contributed by atoms with Crippen molar-refractivity contribution in [1.82, 2.24) is 5.32 Å². The zero-order valence-corrected chi connectivity index (χ0v) is 14.3. The first-order valence-electron chi connectivity index (χ1n) is 6.98. The Bertz CT molecular complexity index is 415. The minimum absolute atomic E-state index is 0.0297. The van der Waals surface area contributed by atoms with Crippen LogP contribution in [0.15, 0.2) is 24.3 Å². The van der Waals surface area contributed by atoms with E-state index in [0.717, 1.165) is 22.1 Å². The fraction of sp³-hybridized carbons (Fsp3) is 0.562. The quantitative estimate of drug-likeness (QED) is 0.548. The molecule has 0 unspecified atom stereocenters. The first-order valence-corrected chi connectivity index (χ1v) is 8.06. The minimum Gasteiger partial charge on any atom is -0.352 e. The van der Waals surface area contributed by atoms with E-state index in [1.165, 1.54) is 19.3 Å². The lowest BCUT2D eigenvalue weighted by Crippen LogP contribution is -2.34. The van der Waals surface area contributed by atoms with Crippen molar-refractivity contribution in [2.24, 2.45) is 5.41 Å². The van der Waals surface area contributed by atoms with E-state index in [1.807, 2.05) is 24.3 Å². The Morgan fingerprint density at radius 2 is 2.05 bits per heavy atom. The standard InChI is InChI=1S/C16H24INO/c1-4-5-6-10-16(2,3)12-18-15(19)13-8-7-9-14(17)11-13/h7-9,11H,4-6,10,12H2,1-3H3,(H,18,19). The third-order valence-electron chi connectivity index (χ3n) is 3.27. The summed E-state index contributed by atoms with van der Waals surface area (Å²) in [5.74, 6) is 0.0297. The van der Waals surface area contributed by atoms with Crippen LogP contribution in [0.5, 0.6) is 0 Å². The first-order chi connectivity index (χ1) is 8.94. The second-order valence-electron chi connectivity index (χ2n) is 5.81. The highest BCUT2D eigenvalue weighted by Gasteiger charge is 2.18. The van der Waals surface area contributed by atoms with Crippen LogP contribution in [0.25, 0.3) is 0 Å². The number of hydrogen-bond donors (Lipinski definition) is 1. The smallest absolute Gasteiger partial charge is 0.251 e. The van der Waals surface area contributed by atoms with Crippen LogP contribution in [0, 0.1) is 8.99 Å². The van der Waals surface area contributed by atoms with Gasteiger partial charge in [0.15, 0.2) is 0 Å². The van der Waals surface area contributed by atoms with Crippen molar-refractivity contribution in [3.63, 3.8) is 0 Å². The number of amides is 1. The lowest BCUT2D eigenvalue weighted by atomic mass is 9.87. The molecule has 0 saturated carbocycles. The molecule has 2 nitrogen and oxygen atoms in total. The van der Waals surface area contributed by atoms with Crippen molar-refractivity contribution in [3.05, 3.63) is 33.4 Å². The van der Waals surface area contributed by atoms with E-state index in [0.29, 0.717) is 0 Å². The monoisotopic (exact) mass is 373 g/mol. The molecule has 0 bridgehead atoms. The normalized spacial score (nSPS) is 11.4. The van der Waals surface area contributed by atoms with Crippen molar-refractivity contribution in [3.8, 4) is 0 Å². The number of carbonyl (C=O) groups excluding carboxylic acids is 1. The molecule has 0 atom stereocenters. The van der Waals surface area contributed by atoms with E-state index in [9.17, 15) is 4.79 Å². The second kappa shape index (κ2) is 7.88. The molecule has 0 aliphatic carbocycles. The molecule has 19 heavy (non-hydrogen) atoms. The van der Waals surface area contributed by atoms with Gasteiger partial charge in [-0.3, -0.25) is 4.79 Å². The molecular formula is C16H24INO. The van der Waals surface area contributed by atoms with E-state index >= 15 is 0 Å². The number of carbonyl (C=O) groups is 1. The lowest BCUT2D eigenvalue weighted by molar-refractivity contribution is 0.0934. The molecule has 0 aromatic heterocycles. The maximum atomic E-state index is 12.1. The fourth-order valence-corrected chi connectivity index (χ4v) is 2.54. The van der Waals surface area contributed by atoms with Crippen LogP contribution in [-0.2, 0) is 0 Å². The molecule has 0 aliphatic rings. The van der Waals surface area contributed by atoms with Crippen LogP contribution in [-0.4, -0.2) is 12.5 Å². The molecule has 3 heteroatoms. The summed E-state index contributed by atoms with van der Waals surface area (Å²) >= 11 is 2.23. The molecule has 1 rings (SSSR count). The highest BCUT2D eigenvalue weighted by atomic mass is 127. The molecule has 0 spiro atoms. The summed E-state index contributed by atoms with van der Waals surface area (Å²) in [6.07, 6.45) is 4.91. The molecule has 0 fully saturated rings. The van der Waals surface area contributed by atoms with Gasteiger partial charge in [0.05, 0.1) is 0 Å². The molecule has 106 valence electrons. The van der Waals surface area contributed by atoms with E-state index < -0.39 is 0 Å². The van der Waals surface area contributed by atoms with Gasteiger partial charge in [-0.05, 0) is 52.6 Å². The number of hydrogen-bond acceptors (Lipinski definition) is 1. The van der Waals surface area contributed by atoms with E-state index in [2.05, 4.69) is 48.7 Å². The molecule has 1 aromatic rings. The summed E-state index contributed by atoms with van der Waals surface area (Å²) in [7, 11) is 0. The number of rotatable bonds is 7. The van der Waals surface area contributed by atoms with Crippen LogP contribution in [0.3, 0.4) is 0 Å². The fourth-order valence-electron chi connectivity index (χ4n) is 1.99. The first kappa shape index (κ1) is 16.5. The Labute approximate surface area is 130 Å². The average molecular weight is 373 g/mol. The summed E-state index contributed by atoms with van der Waals surface area (Å²) in [6, 6.07) is 7.69. The van der Waals surface area contributed by atoms with Crippen molar-refractivity contribution in [1.29, 1.82) is 0 Å². The van der Waals surface area contributed by atoms with Gasteiger partial charge in [0, 0.05) is 15.7 Å². The summed E-state index contributed by atoms with van der Waals surface area (Å²) in [4.78, 5) is 12.1. The largest absolute Gasteiger partial charge is 0.352 e. The highest BCUT2D eigenvalue weighted by Crippen LogP contribution is 2.22. The van der Waals surface area contributed by atoms with E-state index in [4.69, 9.17) is 0 Å². The topological polar surface area (TPSA) is 29.1 Å². The number of benzene rings is 1. The Morgan fingerprint density at radius 1 is 1.32 bits per heavy atom. The van der Waals surface area contributed by atoms with Gasteiger partial charge < -0.3 is 5.32 Å². The highest BCUT2D eigenvalue weighted by molar-refractivity contribution is 14.1. The molecule has 0 radical (unpaired) electrons. The molecule has 0 heterocycles. The van der Waals surface area contributed by atoms with Crippen LogP contribution < -0.4 is 5.32 Å². The number of unbranched alkanes of at least 4 members (excludes halogenated alkanes) is 2. The maximum Gasteiger partial charge on any atom is 0.251 e. The summed E-state index contributed by atoms with van der Waals surface area (Å²) in [5, 5.41) is 3.05. The molecule has 1 amide bonds. The lowest BCUT2D eigenvalue weighted by Gasteiger charge is -2.25. The predicted molar refractivity (Wildman–Crippen MR) is 89.4 cm³/mol. The summed E-state index contributed by atoms with van der Waals surface area (Å²) in [5.41, 5.74) is 0.920. The van der Waals surface area contributed by atoms with Gasteiger partial charge in [-0.15, -0.1) is 0 Å². The Balaban J connectivity index is 2.45. The van der Waals surface area contributed by atoms with Gasteiger partial charge in [-0.1, -0.05) is 46.1 Å². The van der Waals surface area contributed by atoms with Crippen molar-refractivity contribution in [2.45, 2.75) is 46.5 Å². The number of nitrogens with one attached hydrogen (secondary N) is 1. The minimum atomic E-state index is 0.0297. The second-order valence-corrected chi connectivity index (χ2v) is 7.06. The van der Waals surface area contributed by atoms with Gasteiger partial charge in [0.2, 0.25) is 0 Å². The third-order valence-corrected chi connectivity index (χ3v) is 3.94. The van der Waals surface area contributed by atoms with Crippen LogP contribution in [0.1, 0.15) is 56.8 Å². The predicted octanol–water partition coefficient (Wildman–Crippen LogP) is 4.63. The third kappa shape index (κ3) is 6.41. The van der Waals surface area contributed by atoms with Gasteiger partial charge in [0.1, 0.15) is 0 Å². The number of halogens is 1. The molecule has 1 N–H and O–H groups in total. The van der Waals surface area contributed by atoms with Gasteiger partial charge in [-0.2, -0.15) is 0 Å². The van der Waals surface area contributed by atoms with E-state index in [-0.39, 0.29) is 11.3 Å².